The van der Waals surface area contributed by atoms with Crippen molar-refractivity contribution in [1.82, 2.24) is 15.0 Å². The Morgan fingerprint density at radius 3 is 2.92 bits per heavy atom. The van der Waals surface area contributed by atoms with Crippen LogP contribution in [0.4, 0.5) is 5.82 Å². The predicted molar refractivity (Wildman–Crippen MR) is 102 cm³/mol. The van der Waals surface area contributed by atoms with Crippen LogP contribution in [-0.2, 0) is 4.74 Å². The summed E-state index contributed by atoms with van der Waals surface area (Å²) in [6, 6.07) is 10.5. The van der Waals surface area contributed by atoms with Crippen LogP contribution in [-0.4, -0.2) is 41.3 Å². The van der Waals surface area contributed by atoms with Crippen LogP contribution in [0.5, 0.6) is 0 Å². The maximum atomic E-state index is 5.51. The van der Waals surface area contributed by atoms with E-state index in [2.05, 4.69) is 47.1 Å². The Bertz CT molecular complexity index is 1060. The number of nitrogens with one attached hydrogen (secondary N) is 1. The SMILES string of the molecule is Cc1cc2nc(-c3cccc4[nH]ccc34)nc(N3CCOCC3)c2s1. The van der Waals surface area contributed by atoms with Crippen LogP contribution in [0.1, 0.15) is 4.88 Å². The number of aryl methyl sites for hydroxylation is 1. The summed E-state index contributed by atoms with van der Waals surface area (Å²) in [6.07, 6.45) is 1.96. The molecule has 0 atom stereocenters. The number of H-pyrrole nitrogens is 1. The van der Waals surface area contributed by atoms with E-state index in [0.717, 1.165) is 59.9 Å². The fourth-order valence-corrected chi connectivity index (χ4v) is 4.39. The summed E-state index contributed by atoms with van der Waals surface area (Å²) in [5, 5.41) is 1.15. The molecule has 0 amide bonds. The zero-order valence-electron chi connectivity index (χ0n) is 14.0. The second-order valence-electron chi connectivity index (χ2n) is 6.29. The van der Waals surface area contributed by atoms with E-state index >= 15 is 0 Å². The lowest BCUT2D eigenvalue weighted by molar-refractivity contribution is 0.122. The number of rotatable bonds is 2. The third-order valence-electron chi connectivity index (χ3n) is 4.62. The second kappa shape index (κ2) is 5.82. The summed E-state index contributed by atoms with van der Waals surface area (Å²) in [7, 11) is 0. The van der Waals surface area contributed by atoms with Crippen molar-refractivity contribution in [3.05, 3.63) is 41.4 Å². The number of anilines is 1. The molecule has 0 aliphatic carbocycles. The molecule has 6 heteroatoms. The lowest BCUT2D eigenvalue weighted by atomic mass is 10.1. The van der Waals surface area contributed by atoms with Gasteiger partial charge in [0, 0.05) is 40.6 Å². The topological polar surface area (TPSA) is 54.0 Å². The highest BCUT2D eigenvalue weighted by Crippen LogP contribution is 2.35. The van der Waals surface area contributed by atoms with Crippen molar-refractivity contribution in [2.45, 2.75) is 6.92 Å². The Balaban J connectivity index is 1.75. The molecule has 25 heavy (non-hydrogen) atoms. The van der Waals surface area contributed by atoms with Crippen molar-refractivity contribution in [3.63, 3.8) is 0 Å². The van der Waals surface area contributed by atoms with Gasteiger partial charge in [-0.1, -0.05) is 12.1 Å². The number of ether oxygens (including phenoxy) is 1. The molecule has 1 N–H and O–H groups in total. The third-order valence-corrected chi connectivity index (χ3v) is 5.66. The highest BCUT2D eigenvalue weighted by molar-refractivity contribution is 7.19. The predicted octanol–water partition coefficient (Wildman–Crippen LogP) is 3.98. The molecule has 3 aromatic heterocycles. The van der Waals surface area contributed by atoms with Crippen molar-refractivity contribution < 1.29 is 4.74 Å². The number of hydrogen-bond acceptors (Lipinski definition) is 5. The molecule has 5 rings (SSSR count). The first-order chi connectivity index (χ1) is 12.3. The number of fused-ring (bicyclic) bond motifs is 2. The monoisotopic (exact) mass is 350 g/mol. The molecule has 1 aromatic carbocycles. The Morgan fingerprint density at radius 1 is 1.16 bits per heavy atom. The number of benzene rings is 1. The molecular weight excluding hydrogens is 332 g/mol. The normalized spacial score (nSPS) is 15.3. The smallest absolute Gasteiger partial charge is 0.162 e. The molecule has 1 aliphatic rings. The molecule has 0 bridgehead atoms. The highest BCUT2D eigenvalue weighted by atomic mass is 32.1. The van der Waals surface area contributed by atoms with Gasteiger partial charge in [-0.3, -0.25) is 0 Å². The third kappa shape index (κ3) is 2.49. The van der Waals surface area contributed by atoms with Gasteiger partial charge in [-0.05, 0) is 25.1 Å². The summed E-state index contributed by atoms with van der Waals surface area (Å²) in [4.78, 5) is 16.7. The maximum absolute atomic E-state index is 5.51. The summed E-state index contributed by atoms with van der Waals surface area (Å²) < 4.78 is 6.69. The van der Waals surface area contributed by atoms with Crippen molar-refractivity contribution in [2.24, 2.45) is 0 Å². The molecule has 1 saturated heterocycles. The molecule has 4 heterocycles. The quantitative estimate of drug-likeness (QED) is 0.594. The Morgan fingerprint density at radius 2 is 2.04 bits per heavy atom. The summed E-state index contributed by atoms with van der Waals surface area (Å²) in [5.41, 5.74) is 3.20. The number of aromatic amines is 1. The molecular formula is C19H18N4OS. The van der Waals surface area contributed by atoms with Crippen LogP contribution in [0.2, 0.25) is 0 Å². The van der Waals surface area contributed by atoms with Crippen molar-refractivity contribution >= 4 is 38.3 Å². The standard InChI is InChI=1S/C19H18N4OS/c1-12-11-16-17(25-12)19(23-7-9-24-10-8-23)22-18(21-16)14-3-2-4-15-13(14)5-6-20-15/h2-6,11,20H,7-10H2,1H3. The lowest BCUT2D eigenvalue weighted by Crippen LogP contribution is -2.36. The van der Waals surface area contributed by atoms with E-state index in [1.165, 1.54) is 9.58 Å². The van der Waals surface area contributed by atoms with Crippen molar-refractivity contribution in [2.75, 3.05) is 31.2 Å². The number of morpholine rings is 1. The van der Waals surface area contributed by atoms with Gasteiger partial charge in [0.15, 0.2) is 11.6 Å². The highest BCUT2D eigenvalue weighted by Gasteiger charge is 2.20. The zero-order chi connectivity index (χ0) is 16.8. The largest absolute Gasteiger partial charge is 0.378 e. The maximum Gasteiger partial charge on any atom is 0.162 e. The van der Waals surface area contributed by atoms with E-state index < -0.39 is 0 Å². The van der Waals surface area contributed by atoms with Crippen molar-refractivity contribution in [1.29, 1.82) is 0 Å². The average molecular weight is 350 g/mol. The van der Waals surface area contributed by atoms with Crippen LogP contribution >= 0.6 is 11.3 Å². The fraction of sp³-hybridized carbons (Fsp3) is 0.263. The van der Waals surface area contributed by atoms with Crippen molar-refractivity contribution in [3.8, 4) is 11.4 Å². The van der Waals surface area contributed by atoms with Gasteiger partial charge >= 0.3 is 0 Å². The fourth-order valence-electron chi connectivity index (χ4n) is 3.42. The molecule has 0 spiro atoms. The first kappa shape index (κ1) is 14.9. The first-order valence-electron chi connectivity index (χ1n) is 8.47. The summed E-state index contributed by atoms with van der Waals surface area (Å²) in [6.45, 7) is 5.37. The minimum atomic E-state index is 0.749. The summed E-state index contributed by atoms with van der Waals surface area (Å²) >= 11 is 1.77. The van der Waals surface area contributed by atoms with Gasteiger partial charge in [0.1, 0.15) is 0 Å². The van der Waals surface area contributed by atoms with Crippen LogP contribution in [0.25, 0.3) is 32.5 Å². The van der Waals surface area contributed by atoms with E-state index in [9.17, 15) is 0 Å². The molecule has 5 nitrogen and oxygen atoms in total. The Hall–Kier alpha value is -2.44. The molecule has 1 fully saturated rings. The van der Waals surface area contributed by atoms with Crippen LogP contribution in [0.3, 0.4) is 0 Å². The molecule has 0 unspecified atom stereocenters. The first-order valence-corrected chi connectivity index (χ1v) is 9.28. The Kier molecular flexibility index (Phi) is 3.46. The molecule has 126 valence electrons. The lowest BCUT2D eigenvalue weighted by Gasteiger charge is -2.28. The van der Waals surface area contributed by atoms with Gasteiger partial charge in [0.2, 0.25) is 0 Å². The molecule has 4 aromatic rings. The van der Waals surface area contributed by atoms with Gasteiger partial charge < -0.3 is 14.6 Å². The van der Waals surface area contributed by atoms with E-state index in [1.807, 2.05) is 6.20 Å². The van der Waals surface area contributed by atoms with Gasteiger partial charge in [-0.25, -0.2) is 9.97 Å². The van der Waals surface area contributed by atoms with E-state index in [-0.39, 0.29) is 0 Å². The van der Waals surface area contributed by atoms with Gasteiger partial charge in [0.25, 0.3) is 0 Å². The molecule has 0 saturated carbocycles. The van der Waals surface area contributed by atoms with Crippen LogP contribution in [0, 0.1) is 6.92 Å². The number of hydrogen-bond donors (Lipinski definition) is 1. The minimum Gasteiger partial charge on any atom is -0.378 e. The Labute approximate surface area is 149 Å². The average Bonchev–Trinajstić information content (AvgIpc) is 3.26. The van der Waals surface area contributed by atoms with E-state index in [1.54, 1.807) is 11.3 Å². The second-order valence-corrected chi connectivity index (χ2v) is 7.54. The van der Waals surface area contributed by atoms with Crippen LogP contribution < -0.4 is 4.90 Å². The summed E-state index contributed by atoms with van der Waals surface area (Å²) in [5.74, 6) is 1.82. The van der Waals surface area contributed by atoms with E-state index in [4.69, 9.17) is 14.7 Å². The number of thiophene rings is 1. The van der Waals surface area contributed by atoms with Gasteiger partial charge in [-0.2, -0.15) is 0 Å². The molecule has 0 radical (unpaired) electrons. The number of nitrogens with zero attached hydrogens (tertiary/aromatic N) is 3. The molecule has 1 aliphatic heterocycles. The van der Waals surface area contributed by atoms with Crippen LogP contribution in [0.15, 0.2) is 36.5 Å². The van der Waals surface area contributed by atoms with Gasteiger partial charge in [-0.15, -0.1) is 11.3 Å². The minimum absolute atomic E-state index is 0.749. The van der Waals surface area contributed by atoms with Gasteiger partial charge in [0.05, 0.1) is 23.4 Å². The zero-order valence-corrected chi connectivity index (χ0v) is 14.8. The number of aromatic nitrogens is 3. The van der Waals surface area contributed by atoms with E-state index in [0.29, 0.717) is 0 Å².